The molecule has 0 radical (unpaired) electrons. The molecule has 0 amide bonds. The van der Waals surface area contributed by atoms with E-state index >= 15 is 0 Å². The zero-order valence-corrected chi connectivity index (χ0v) is 13.0. The Labute approximate surface area is 128 Å². The van der Waals surface area contributed by atoms with Gasteiger partial charge in [-0.05, 0) is 32.4 Å². The van der Waals surface area contributed by atoms with Crippen LogP contribution in [0.1, 0.15) is 25.3 Å². The highest BCUT2D eigenvalue weighted by Crippen LogP contribution is 2.27. The summed E-state index contributed by atoms with van der Waals surface area (Å²) in [6, 6.07) is 9.78. The second-order valence-corrected chi connectivity index (χ2v) is 6.28. The average molecular weight is 286 g/mol. The molecule has 2 atom stereocenters. The molecule has 0 aromatic heterocycles. The highest BCUT2D eigenvalue weighted by molar-refractivity contribution is 5.33. The van der Waals surface area contributed by atoms with Gasteiger partial charge in [0.2, 0.25) is 0 Å². The maximum absolute atomic E-state index is 5.79. The standard InChI is InChI=1S/C18H26N2O/c1-3-11-21-18-9-5-4-7-16(18)13-20-14-17-8-6-10-19(17)12-15(20)2/h3-5,7,9,15,17H,1,6,8,10-14H2,2H3/t15-,17?/m0/s1. The maximum Gasteiger partial charge on any atom is 0.124 e. The normalized spacial score (nSPS) is 26.5. The second kappa shape index (κ2) is 6.63. The summed E-state index contributed by atoms with van der Waals surface area (Å²) in [6.45, 7) is 11.3. The molecule has 2 fully saturated rings. The second-order valence-electron chi connectivity index (χ2n) is 6.28. The quantitative estimate of drug-likeness (QED) is 0.774. The Balaban J connectivity index is 1.69. The molecule has 1 unspecified atom stereocenters. The van der Waals surface area contributed by atoms with E-state index in [1.807, 2.05) is 6.07 Å². The lowest BCUT2D eigenvalue weighted by molar-refractivity contribution is 0.0534. The lowest BCUT2D eigenvalue weighted by Gasteiger charge is -2.42. The topological polar surface area (TPSA) is 15.7 Å². The van der Waals surface area contributed by atoms with Crippen molar-refractivity contribution in [2.75, 3.05) is 26.2 Å². The van der Waals surface area contributed by atoms with Crippen LogP contribution in [0, 0.1) is 0 Å². The van der Waals surface area contributed by atoms with Gasteiger partial charge in [0.1, 0.15) is 12.4 Å². The van der Waals surface area contributed by atoms with Crippen molar-refractivity contribution >= 4 is 0 Å². The van der Waals surface area contributed by atoms with E-state index in [4.69, 9.17) is 4.74 Å². The van der Waals surface area contributed by atoms with Gasteiger partial charge in [0, 0.05) is 37.3 Å². The van der Waals surface area contributed by atoms with Crippen molar-refractivity contribution in [2.45, 2.75) is 38.4 Å². The van der Waals surface area contributed by atoms with Gasteiger partial charge >= 0.3 is 0 Å². The van der Waals surface area contributed by atoms with Gasteiger partial charge in [0.25, 0.3) is 0 Å². The smallest absolute Gasteiger partial charge is 0.124 e. The molecule has 1 aromatic carbocycles. The number of fused-ring (bicyclic) bond motifs is 1. The van der Waals surface area contributed by atoms with Gasteiger partial charge in [-0.15, -0.1) is 0 Å². The molecule has 1 aromatic rings. The van der Waals surface area contributed by atoms with Gasteiger partial charge in [-0.25, -0.2) is 0 Å². The molecular weight excluding hydrogens is 260 g/mol. The fourth-order valence-corrected chi connectivity index (χ4v) is 3.61. The third-order valence-electron chi connectivity index (χ3n) is 4.77. The van der Waals surface area contributed by atoms with Crippen LogP contribution in [-0.2, 0) is 6.54 Å². The number of hydrogen-bond acceptors (Lipinski definition) is 3. The number of para-hydroxylation sites is 1. The van der Waals surface area contributed by atoms with Crippen molar-refractivity contribution < 1.29 is 4.74 Å². The highest BCUT2D eigenvalue weighted by atomic mass is 16.5. The molecule has 3 heteroatoms. The van der Waals surface area contributed by atoms with E-state index in [-0.39, 0.29) is 0 Å². The molecule has 2 aliphatic heterocycles. The molecule has 2 aliphatic rings. The molecule has 2 saturated heterocycles. The minimum absolute atomic E-state index is 0.572. The minimum Gasteiger partial charge on any atom is -0.489 e. The van der Waals surface area contributed by atoms with E-state index in [0.29, 0.717) is 12.6 Å². The zero-order chi connectivity index (χ0) is 14.7. The fourth-order valence-electron chi connectivity index (χ4n) is 3.61. The molecule has 0 aliphatic carbocycles. The summed E-state index contributed by atoms with van der Waals surface area (Å²) >= 11 is 0. The van der Waals surface area contributed by atoms with E-state index in [9.17, 15) is 0 Å². The first-order chi connectivity index (χ1) is 10.3. The van der Waals surface area contributed by atoms with Crippen LogP contribution in [0.2, 0.25) is 0 Å². The zero-order valence-electron chi connectivity index (χ0n) is 13.0. The molecule has 21 heavy (non-hydrogen) atoms. The van der Waals surface area contributed by atoms with Crippen LogP contribution in [-0.4, -0.2) is 48.1 Å². The molecule has 0 N–H and O–H groups in total. The molecule has 0 bridgehead atoms. The van der Waals surface area contributed by atoms with Crippen LogP contribution in [0.4, 0.5) is 0 Å². The fraction of sp³-hybridized carbons (Fsp3) is 0.556. The summed E-state index contributed by atoms with van der Waals surface area (Å²) in [5, 5.41) is 0. The van der Waals surface area contributed by atoms with Gasteiger partial charge in [0.05, 0.1) is 0 Å². The van der Waals surface area contributed by atoms with E-state index in [2.05, 4.69) is 41.5 Å². The van der Waals surface area contributed by atoms with Crippen molar-refractivity contribution in [3.05, 3.63) is 42.5 Å². The van der Waals surface area contributed by atoms with Gasteiger partial charge in [-0.2, -0.15) is 0 Å². The van der Waals surface area contributed by atoms with Crippen molar-refractivity contribution in [1.82, 2.24) is 9.80 Å². The Bertz CT molecular complexity index is 488. The van der Waals surface area contributed by atoms with E-state index in [1.165, 1.54) is 38.0 Å². The summed E-state index contributed by atoms with van der Waals surface area (Å²) in [6.07, 6.45) is 4.53. The van der Waals surface area contributed by atoms with Crippen LogP contribution in [0.3, 0.4) is 0 Å². The summed E-state index contributed by atoms with van der Waals surface area (Å²) in [5.74, 6) is 0.999. The number of benzene rings is 1. The number of piperazine rings is 1. The van der Waals surface area contributed by atoms with Crippen molar-refractivity contribution in [3.63, 3.8) is 0 Å². The summed E-state index contributed by atoms with van der Waals surface area (Å²) in [7, 11) is 0. The van der Waals surface area contributed by atoms with Crippen molar-refractivity contribution in [1.29, 1.82) is 0 Å². The number of hydrogen-bond donors (Lipinski definition) is 0. The summed E-state index contributed by atoms with van der Waals surface area (Å²) < 4.78 is 5.79. The Morgan fingerprint density at radius 3 is 3.05 bits per heavy atom. The average Bonchev–Trinajstić information content (AvgIpc) is 2.94. The monoisotopic (exact) mass is 286 g/mol. The Morgan fingerprint density at radius 1 is 1.33 bits per heavy atom. The van der Waals surface area contributed by atoms with Crippen LogP contribution >= 0.6 is 0 Å². The van der Waals surface area contributed by atoms with Crippen LogP contribution in [0.15, 0.2) is 36.9 Å². The lowest BCUT2D eigenvalue weighted by atomic mass is 10.1. The van der Waals surface area contributed by atoms with E-state index < -0.39 is 0 Å². The Morgan fingerprint density at radius 2 is 2.19 bits per heavy atom. The van der Waals surface area contributed by atoms with Gasteiger partial charge in [0.15, 0.2) is 0 Å². The van der Waals surface area contributed by atoms with Crippen LogP contribution in [0.5, 0.6) is 5.75 Å². The largest absolute Gasteiger partial charge is 0.489 e. The maximum atomic E-state index is 5.79. The Hall–Kier alpha value is -1.32. The number of nitrogens with zero attached hydrogens (tertiary/aromatic N) is 2. The SMILES string of the molecule is C=CCOc1ccccc1CN1CC2CCCN2C[C@@H]1C. The first kappa shape index (κ1) is 14.6. The highest BCUT2D eigenvalue weighted by Gasteiger charge is 2.34. The third kappa shape index (κ3) is 3.30. The van der Waals surface area contributed by atoms with Gasteiger partial charge in [-0.1, -0.05) is 30.9 Å². The molecule has 2 heterocycles. The van der Waals surface area contributed by atoms with Crippen LogP contribution < -0.4 is 4.74 Å². The summed E-state index contributed by atoms with van der Waals surface area (Å²) in [4.78, 5) is 5.28. The number of ether oxygens (including phenoxy) is 1. The molecule has 0 saturated carbocycles. The van der Waals surface area contributed by atoms with Crippen molar-refractivity contribution in [3.8, 4) is 5.75 Å². The predicted octanol–water partition coefficient (Wildman–Crippen LogP) is 2.92. The first-order valence-electron chi connectivity index (χ1n) is 8.07. The predicted molar refractivity (Wildman–Crippen MR) is 86.6 cm³/mol. The number of rotatable bonds is 5. The molecular formula is C18H26N2O. The lowest BCUT2D eigenvalue weighted by Crippen LogP contribution is -2.54. The van der Waals surface area contributed by atoms with Crippen LogP contribution in [0.25, 0.3) is 0 Å². The first-order valence-corrected chi connectivity index (χ1v) is 8.07. The van der Waals surface area contributed by atoms with Gasteiger partial charge < -0.3 is 4.74 Å². The molecule has 3 rings (SSSR count). The summed E-state index contributed by atoms with van der Waals surface area (Å²) in [5.41, 5.74) is 1.29. The minimum atomic E-state index is 0.572. The molecule has 3 nitrogen and oxygen atoms in total. The molecule has 114 valence electrons. The van der Waals surface area contributed by atoms with Crippen molar-refractivity contribution in [2.24, 2.45) is 0 Å². The third-order valence-corrected chi connectivity index (χ3v) is 4.77. The van der Waals surface area contributed by atoms with E-state index in [1.54, 1.807) is 6.08 Å². The van der Waals surface area contributed by atoms with E-state index in [0.717, 1.165) is 18.3 Å². The Kier molecular flexibility index (Phi) is 4.61. The van der Waals surface area contributed by atoms with Gasteiger partial charge in [-0.3, -0.25) is 9.80 Å². The molecule has 0 spiro atoms.